The van der Waals surface area contributed by atoms with E-state index in [2.05, 4.69) is 5.32 Å². The monoisotopic (exact) mass is 442 g/mol. The minimum atomic E-state index is -9.72. The third kappa shape index (κ3) is 4.68. The van der Waals surface area contributed by atoms with E-state index >= 15 is 0 Å². The molecule has 0 saturated carbocycles. The number of hydrogen-bond donors (Lipinski definition) is 4. The molecule has 12 heteroatoms. The van der Waals surface area contributed by atoms with Gasteiger partial charge in [0.05, 0.1) is 10.7 Å². The minimum absolute atomic E-state index is 0.122. The molecule has 28 heavy (non-hydrogen) atoms. The molecule has 0 saturated heterocycles. The van der Waals surface area contributed by atoms with Crippen LogP contribution in [0.1, 0.15) is 34.6 Å². The van der Waals surface area contributed by atoms with Gasteiger partial charge in [-0.25, -0.2) is 0 Å². The first kappa shape index (κ1) is 21.8. The van der Waals surface area contributed by atoms with Crippen molar-refractivity contribution >= 4 is 43.7 Å². The maximum atomic E-state index is 12.7. The summed E-state index contributed by atoms with van der Waals surface area (Å²) in [6.45, 7) is 3.17. The molecule has 2 rings (SSSR count). The highest BCUT2D eigenvalue weighted by Gasteiger charge is 2.65. The Kier molecular flexibility index (Phi) is 4.89. The van der Waals surface area contributed by atoms with Crippen LogP contribution in [-0.2, 0) is 6.54 Å². The van der Waals surface area contributed by atoms with E-state index in [1.807, 2.05) is 0 Å². The van der Waals surface area contributed by atoms with Crippen LogP contribution in [0.15, 0.2) is 34.9 Å². The van der Waals surface area contributed by atoms with Crippen LogP contribution in [0, 0.1) is 0 Å². The Hall–Kier alpha value is -2.47. The molecule has 7 N–H and O–H groups in total. The lowest BCUT2D eigenvalue weighted by Crippen LogP contribution is -2.22. The van der Waals surface area contributed by atoms with Crippen molar-refractivity contribution in [1.29, 1.82) is 0 Å². The largest absolute Gasteiger partial charge is 0.402 e. The molecule has 0 aliphatic carbocycles. The van der Waals surface area contributed by atoms with Crippen molar-refractivity contribution < 1.29 is 24.2 Å². The normalized spacial score (nSPS) is 15.4. The van der Waals surface area contributed by atoms with Crippen molar-refractivity contribution in [2.45, 2.75) is 25.3 Å². The number of halogens is 5. The molecule has 0 fully saturated rings. The summed E-state index contributed by atoms with van der Waals surface area (Å²) in [6, 6.07) is 2.32. The quantitative estimate of drug-likeness (QED) is 0.477. The first-order chi connectivity index (χ1) is 12.5. The van der Waals surface area contributed by atoms with E-state index in [1.165, 1.54) is 0 Å². The summed E-state index contributed by atoms with van der Waals surface area (Å²) in [4.78, 5) is 10.5. The van der Waals surface area contributed by atoms with Crippen LogP contribution in [0.5, 0.6) is 0 Å². The average Bonchev–Trinajstić information content (AvgIpc) is 2.84. The molecule has 0 unspecified atom stereocenters. The fraction of sp³-hybridized carbons (Fsp3) is 0.188. The number of rotatable bonds is 5. The SMILES string of the molecule is C/C(N)=C(\C)c1c(N)sc(C(=O)NCc2ccc(S(F)(F)(F)(F)F)cc2)c1N. The van der Waals surface area contributed by atoms with Crippen LogP contribution in [0.25, 0.3) is 5.57 Å². The molecule has 1 heterocycles. The lowest BCUT2D eigenvalue weighted by molar-refractivity contribution is 0.0955. The van der Waals surface area contributed by atoms with Gasteiger partial charge in [0, 0.05) is 17.8 Å². The number of nitrogens with one attached hydrogen (secondary N) is 1. The smallest absolute Gasteiger partial charge is 0.310 e. The lowest BCUT2D eigenvalue weighted by Gasteiger charge is -2.40. The zero-order chi connectivity index (χ0) is 21.6. The summed E-state index contributed by atoms with van der Waals surface area (Å²) in [6.07, 6.45) is 0. The average molecular weight is 442 g/mol. The molecule has 1 aromatic carbocycles. The third-order valence-corrected chi connectivity index (χ3v) is 6.16. The van der Waals surface area contributed by atoms with Crippen LogP contribution < -0.4 is 22.5 Å². The molecule has 0 radical (unpaired) electrons. The predicted octanol–water partition coefficient (Wildman–Crippen LogP) is 5.21. The van der Waals surface area contributed by atoms with Crippen LogP contribution in [0.3, 0.4) is 0 Å². The minimum Gasteiger partial charge on any atom is -0.402 e. The summed E-state index contributed by atoms with van der Waals surface area (Å²) >= 11 is 0.942. The Labute approximate surface area is 162 Å². The molecule has 0 spiro atoms. The van der Waals surface area contributed by atoms with Gasteiger partial charge in [0.1, 0.15) is 9.77 Å². The fourth-order valence-electron chi connectivity index (χ4n) is 2.34. The van der Waals surface area contributed by atoms with Gasteiger partial charge in [-0.15, -0.1) is 11.3 Å². The van der Waals surface area contributed by atoms with Gasteiger partial charge in [0.15, 0.2) is 0 Å². The zero-order valence-corrected chi connectivity index (χ0v) is 16.5. The first-order valence-electron chi connectivity index (χ1n) is 7.73. The summed E-state index contributed by atoms with van der Waals surface area (Å²) in [5, 5.41) is 2.77. The number of benzene rings is 1. The van der Waals surface area contributed by atoms with Crippen molar-refractivity contribution in [3.05, 3.63) is 46.0 Å². The van der Waals surface area contributed by atoms with E-state index in [9.17, 15) is 24.2 Å². The highest BCUT2D eigenvalue weighted by molar-refractivity contribution is 8.45. The number of carbonyl (C=O) groups is 1. The van der Waals surface area contributed by atoms with Crippen LogP contribution >= 0.6 is 21.6 Å². The van der Waals surface area contributed by atoms with Crippen LogP contribution in [0.4, 0.5) is 30.1 Å². The number of thiophene rings is 1. The van der Waals surface area contributed by atoms with Gasteiger partial charge >= 0.3 is 10.2 Å². The molecule has 5 nitrogen and oxygen atoms in total. The summed E-state index contributed by atoms with van der Waals surface area (Å²) in [5.74, 6) is -0.597. The molecule has 1 amide bonds. The summed E-state index contributed by atoms with van der Waals surface area (Å²) in [5.41, 5.74) is 19.5. The van der Waals surface area contributed by atoms with Crippen LogP contribution in [-0.4, -0.2) is 5.91 Å². The Morgan fingerprint density at radius 1 is 1.07 bits per heavy atom. The number of carbonyl (C=O) groups excluding carboxylic acids is 1. The second-order valence-electron chi connectivity index (χ2n) is 6.19. The standard InChI is InChI=1S/C16H19F5N4OS2/c1-8(9(2)22)12-13(23)14(27-15(12)24)16(26)25-7-10-3-5-11(6-4-10)28(17,18,19,20)21/h3-6H,7,22-24H2,1-2H3,(H,25,26)/b9-8-. The molecular formula is C16H19F5N4OS2. The number of nitrogens with two attached hydrogens (primary N) is 3. The Morgan fingerprint density at radius 2 is 1.61 bits per heavy atom. The van der Waals surface area contributed by atoms with E-state index in [1.54, 1.807) is 13.8 Å². The van der Waals surface area contributed by atoms with Gasteiger partial charge in [-0.2, -0.15) is 0 Å². The Bertz CT molecular complexity index is 962. The van der Waals surface area contributed by atoms with Gasteiger partial charge < -0.3 is 22.5 Å². The molecule has 2 aromatic rings. The molecule has 0 bridgehead atoms. The molecule has 0 aliphatic rings. The maximum Gasteiger partial charge on any atom is 0.310 e. The number of nitrogen functional groups attached to an aromatic ring is 2. The highest BCUT2D eigenvalue weighted by Crippen LogP contribution is 3.02. The van der Waals surface area contributed by atoms with Gasteiger partial charge in [-0.1, -0.05) is 31.6 Å². The first-order valence-corrected chi connectivity index (χ1v) is 10.5. The van der Waals surface area contributed by atoms with E-state index in [4.69, 9.17) is 17.2 Å². The predicted molar refractivity (Wildman–Crippen MR) is 105 cm³/mol. The maximum absolute atomic E-state index is 12.7. The van der Waals surface area contributed by atoms with Crippen molar-refractivity contribution in [2.75, 3.05) is 11.5 Å². The number of anilines is 2. The third-order valence-electron chi connectivity index (χ3n) is 3.97. The van der Waals surface area contributed by atoms with Gasteiger partial charge in [-0.05, 0) is 37.1 Å². The van der Waals surface area contributed by atoms with E-state index in [0.717, 1.165) is 23.5 Å². The van der Waals surface area contributed by atoms with Crippen molar-refractivity contribution in [3.8, 4) is 0 Å². The van der Waals surface area contributed by atoms with E-state index in [0.29, 0.717) is 21.8 Å². The number of hydrogen-bond acceptors (Lipinski definition) is 5. The Morgan fingerprint density at radius 3 is 2.07 bits per heavy atom. The number of allylic oxidation sites excluding steroid dienone is 2. The Balaban J connectivity index is 2.18. The molecule has 0 aliphatic heterocycles. The van der Waals surface area contributed by atoms with Crippen LogP contribution in [0.2, 0.25) is 0 Å². The molecule has 1 aromatic heterocycles. The van der Waals surface area contributed by atoms with Crippen molar-refractivity contribution in [1.82, 2.24) is 5.32 Å². The van der Waals surface area contributed by atoms with E-state index in [-0.39, 0.29) is 34.8 Å². The fourth-order valence-corrected chi connectivity index (χ4v) is 3.95. The number of amides is 1. The summed E-state index contributed by atoms with van der Waals surface area (Å²) in [7, 11) is -9.72. The highest BCUT2D eigenvalue weighted by atomic mass is 32.5. The van der Waals surface area contributed by atoms with E-state index < -0.39 is 21.0 Å². The van der Waals surface area contributed by atoms with Crippen molar-refractivity contribution in [2.24, 2.45) is 5.73 Å². The molecule has 156 valence electrons. The zero-order valence-electron chi connectivity index (χ0n) is 14.9. The van der Waals surface area contributed by atoms with Gasteiger partial charge in [0.2, 0.25) is 0 Å². The second-order valence-corrected chi connectivity index (χ2v) is 9.65. The summed E-state index contributed by atoms with van der Waals surface area (Å²) < 4.78 is 63.6. The molecular weight excluding hydrogens is 423 g/mol. The van der Waals surface area contributed by atoms with Gasteiger partial charge in [-0.3, -0.25) is 4.79 Å². The lowest BCUT2D eigenvalue weighted by atomic mass is 10.1. The topological polar surface area (TPSA) is 107 Å². The van der Waals surface area contributed by atoms with Crippen molar-refractivity contribution in [3.63, 3.8) is 0 Å². The van der Waals surface area contributed by atoms with Gasteiger partial charge in [0.25, 0.3) is 5.91 Å². The molecule has 0 atom stereocenters. The second kappa shape index (κ2) is 6.27.